The maximum Gasteiger partial charge on any atom is 0.251 e. The molecule has 2 aromatic carbocycles. The van der Waals surface area contributed by atoms with Crippen LogP contribution in [0.15, 0.2) is 52.9 Å². The van der Waals surface area contributed by atoms with Crippen LogP contribution in [0.5, 0.6) is 5.75 Å². The lowest BCUT2D eigenvalue weighted by Gasteiger charge is -2.04. The fraction of sp³-hybridized carbons (Fsp3) is 0.125. The van der Waals surface area contributed by atoms with Crippen LogP contribution < -0.4 is 10.1 Å². The summed E-state index contributed by atoms with van der Waals surface area (Å²) in [6, 6.07) is 13.5. The summed E-state index contributed by atoms with van der Waals surface area (Å²) in [6.07, 6.45) is 0. The molecule has 3 aromatic rings. The summed E-state index contributed by atoms with van der Waals surface area (Å²) in [5, 5.41) is 11.1. The van der Waals surface area contributed by atoms with Gasteiger partial charge in [0.1, 0.15) is 11.6 Å². The summed E-state index contributed by atoms with van der Waals surface area (Å²) < 4.78 is 23.7. The highest BCUT2D eigenvalue weighted by atomic mass is 19.1. The minimum absolute atomic E-state index is 0.276. The van der Waals surface area contributed by atoms with Crippen molar-refractivity contribution in [3.05, 3.63) is 60.2 Å². The lowest BCUT2D eigenvalue weighted by atomic mass is 10.2. The molecule has 3 rings (SSSR count). The molecule has 22 heavy (non-hydrogen) atoms. The van der Waals surface area contributed by atoms with Crippen molar-refractivity contribution in [3.8, 4) is 17.2 Å². The molecular weight excluding hydrogens is 285 g/mol. The van der Waals surface area contributed by atoms with Crippen LogP contribution in [0.2, 0.25) is 0 Å². The largest absolute Gasteiger partial charge is 0.496 e. The molecular formula is C16H14FN3O2. The van der Waals surface area contributed by atoms with E-state index in [1.165, 1.54) is 12.1 Å². The maximum atomic E-state index is 12.8. The monoisotopic (exact) mass is 299 g/mol. The summed E-state index contributed by atoms with van der Waals surface area (Å²) in [5.74, 6) is 1.23. The quantitative estimate of drug-likeness (QED) is 0.781. The minimum Gasteiger partial charge on any atom is -0.496 e. The maximum absolute atomic E-state index is 12.8. The molecule has 0 aliphatic heterocycles. The summed E-state index contributed by atoms with van der Waals surface area (Å²) in [7, 11) is 1.59. The van der Waals surface area contributed by atoms with Crippen LogP contribution in [-0.2, 0) is 6.54 Å². The standard InChI is InChI=1S/C16H14FN3O2/c1-21-14-5-3-2-4-13(14)16-20-19-15(22-16)10-18-12-8-6-11(17)7-9-12/h2-9,18H,10H2,1H3. The van der Waals surface area contributed by atoms with E-state index in [4.69, 9.17) is 9.15 Å². The SMILES string of the molecule is COc1ccccc1-c1nnc(CNc2ccc(F)cc2)o1. The molecule has 0 radical (unpaired) electrons. The molecule has 1 aromatic heterocycles. The molecule has 0 aliphatic carbocycles. The van der Waals surface area contributed by atoms with E-state index in [0.717, 1.165) is 11.3 Å². The number of anilines is 1. The number of nitrogens with one attached hydrogen (secondary N) is 1. The number of hydrogen-bond donors (Lipinski definition) is 1. The van der Waals surface area contributed by atoms with Gasteiger partial charge in [0.2, 0.25) is 5.89 Å². The third-order valence-corrected chi connectivity index (χ3v) is 3.09. The number of methoxy groups -OCH3 is 1. The van der Waals surface area contributed by atoms with Crippen LogP contribution in [0.4, 0.5) is 10.1 Å². The van der Waals surface area contributed by atoms with Gasteiger partial charge in [0.05, 0.1) is 19.2 Å². The van der Waals surface area contributed by atoms with E-state index in [-0.39, 0.29) is 5.82 Å². The van der Waals surface area contributed by atoms with Gasteiger partial charge in [-0.2, -0.15) is 0 Å². The molecule has 1 heterocycles. The predicted molar refractivity (Wildman–Crippen MR) is 80.0 cm³/mol. The number of rotatable bonds is 5. The number of hydrogen-bond acceptors (Lipinski definition) is 5. The van der Waals surface area contributed by atoms with Crippen LogP contribution in [0.25, 0.3) is 11.5 Å². The van der Waals surface area contributed by atoms with Gasteiger partial charge in [-0.3, -0.25) is 0 Å². The van der Waals surface area contributed by atoms with Gasteiger partial charge in [-0.1, -0.05) is 12.1 Å². The van der Waals surface area contributed by atoms with Gasteiger partial charge < -0.3 is 14.5 Å². The zero-order valence-electron chi connectivity index (χ0n) is 11.9. The lowest BCUT2D eigenvalue weighted by molar-refractivity contribution is 0.413. The van der Waals surface area contributed by atoms with E-state index in [9.17, 15) is 4.39 Å². The van der Waals surface area contributed by atoms with E-state index in [1.54, 1.807) is 19.2 Å². The first-order valence-corrected chi connectivity index (χ1v) is 6.71. The fourth-order valence-corrected chi connectivity index (χ4v) is 2.00. The van der Waals surface area contributed by atoms with E-state index in [2.05, 4.69) is 15.5 Å². The topological polar surface area (TPSA) is 60.2 Å². The Morgan fingerprint density at radius 3 is 2.64 bits per heavy atom. The van der Waals surface area contributed by atoms with Crippen molar-refractivity contribution in [2.75, 3.05) is 12.4 Å². The summed E-state index contributed by atoms with van der Waals surface area (Å²) in [5.41, 5.74) is 1.52. The molecule has 5 nitrogen and oxygen atoms in total. The van der Waals surface area contributed by atoms with Gasteiger partial charge in [0.25, 0.3) is 5.89 Å². The first kappa shape index (κ1) is 14.1. The van der Waals surface area contributed by atoms with Crippen LogP contribution in [0.3, 0.4) is 0 Å². The molecule has 0 amide bonds. The minimum atomic E-state index is -0.276. The molecule has 6 heteroatoms. The molecule has 0 atom stereocenters. The smallest absolute Gasteiger partial charge is 0.251 e. The normalized spacial score (nSPS) is 10.5. The van der Waals surface area contributed by atoms with Gasteiger partial charge in [-0.05, 0) is 36.4 Å². The van der Waals surface area contributed by atoms with E-state index in [0.29, 0.717) is 24.1 Å². The van der Waals surface area contributed by atoms with Crippen molar-refractivity contribution in [2.45, 2.75) is 6.54 Å². The van der Waals surface area contributed by atoms with Crippen LogP contribution in [-0.4, -0.2) is 17.3 Å². The Morgan fingerprint density at radius 2 is 1.86 bits per heavy atom. The third kappa shape index (κ3) is 3.06. The van der Waals surface area contributed by atoms with Crippen molar-refractivity contribution in [2.24, 2.45) is 0 Å². The molecule has 0 aliphatic rings. The van der Waals surface area contributed by atoms with Crippen LogP contribution in [0.1, 0.15) is 5.89 Å². The summed E-state index contributed by atoms with van der Waals surface area (Å²) in [4.78, 5) is 0. The number of nitrogens with zero attached hydrogens (tertiary/aromatic N) is 2. The van der Waals surface area contributed by atoms with Crippen LogP contribution >= 0.6 is 0 Å². The molecule has 1 N–H and O–H groups in total. The average Bonchev–Trinajstić information content (AvgIpc) is 3.03. The van der Waals surface area contributed by atoms with Crippen molar-refractivity contribution in [1.82, 2.24) is 10.2 Å². The van der Waals surface area contributed by atoms with Gasteiger partial charge in [-0.25, -0.2) is 4.39 Å². The number of para-hydroxylation sites is 1. The average molecular weight is 299 g/mol. The van der Waals surface area contributed by atoms with E-state index >= 15 is 0 Å². The second kappa shape index (κ2) is 6.26. The van der Waals surface area contributed by atoms with Gasteiger partial charge in [0, 0.05) is 5.69 Å². The van der Waals surface area contributed by atoms with Crippen molar-refractivity contribution >= 4 is 5.69 Å². The van der Waals surface area contributed by atoms with Crippen molar-refractivity contribution in [1.29, 1.82) is 0 Å². The first-order chi connectivity index (χ1) is 10.8. The Kier molecular flexibility index (Phi) is 4.00. The molecule has 0 unspecified atom stereocenters. The summed E-state index contributed by atoms with van der Waals surface area (Å²) in [6.45, 7) is 0.355. The lowest BCUT2D eigenvalue weighted by Crippen LogP contribution is -1.99. The second-order valence-electron chi connectivity index (χ2n) is 4.56. The van der Waals surface area contributed by atoms with Gasteiger partial charge in [-0.15, -0.1) is 10.2 Å². The molecule has 0 saturated carbocycles. The number of aromatic nitrogens is 2. The molecule has 0 fully saturated rings. The molecule has 112 valence electrons. The molecule has 0 bridgehead atoms. The highest BCUT2D eigenvalue weighted by molar-refractivity contribution is 5.62. The molecule has 0 saturated heterocycles. The van der Waals surface area contributed by atoms with Crippen LogP contribution in [0, 0.1) is 5.82 Å². The molecule has 0 spiro atoms. The highest BCUT2D eigenvalue weighted by Gasteiger charge is 2.12. The Labute approximate surface area is 126 Å². The Balaban J connectivity index is 1.72. The third-order valence-electron chi connectivity index (χ3n) is 3.09. The number of ether oxygens (including phenoxy) is 1. The van der Waals surface area contributed by atoms with E-state index < -0.39 is 0 Å². The van der Waals surface area contributed by atoms with Gasteiger partial charge >= 0.3 is 0 Å². The Bertz CT molecular complexity index is 756. The Morgan fingerprint density at radius 1 is 1.09 bits per heavy atom. The number of benzene rings is 2. The highest BCUT2D eigenvalue weighted by Crippen LogP contribution is 2.28. The van der Waals surface area contributed by atoms with Crippen molar-refractivity contribution < 1.29 is 13.5 Å². The zero-order chi connectivity index (χ0) is 15.4. The fourth-order valence-electron chi connectivity index (χ4n) is 2.00. The first-order valence-electron chi connectivity index (χ1n) is 6.71. The Hall–Kier alpha value is -2.89. The second-order valence-corrected chi connectivity index (χ2v) is 4.56. The van der Waals surface area contributed by atoms with Crippen molar-refractivity contribution in [3.63, 3.8) is 0 Å². The predicted octanol–water partition coefficient (Wildman–Crippen LogP) is 3.50. The zero-order valence-corrected chi connectivity index (χ0v) is 11.9. The van der Waals surface area contributed by atoms with Gasteiger partial charge in [0.15, 0.2) is 0 Å². The summed E-state index contributed by atoms with van der Waals surface area (Å²) >= 11 is 0. The van der Waals surface area contributed by atoms with E-state index in [1.807, 2.05) is 24.3 Å². The number of halogens is 1.